The van der Waals surface area contributed by atoms with E-state index in [0.29, 0.717) is 15.6 Å². The standard InChI is InChI=1S/C20H20N4O3S/c1-3-23(4-2)17-11-10-16(24(26)27)12-14(17)13-18-19(25)22-20(28-18)21-15-8-6-5-7-9-15/h5-13H,3-4H2,1-2H3,(H,21,22,25)/b18-13+. The number of non-ortho nitro benzene ring substituents is 1. The Morgan fingerprint density at radius 2 is 1.89 bits per heavy atom. The Morgan fingerprint density at radius 1 is 1.18 bits per heavy atom. The molecular formula is C20H20N4O3S. The van der Waals surface area contributed by atoms with Gasteiger partial charge in [-0.2, -0.15) is 0 Å². The van der Waals surface area contributed by atoms with Gasteiger partial charge in [-0.3, -0.25) is 14.9 Å². The number of nitrogens with one attached hydrogen (secondary N) is 1. The number of hydrogen-bond acceptors (Lipinski definition) is 6. The number of anilines is 1. The Kier molecular flexibility index (Phi) is 6.10. The molecule has 2 aromatic carbocycles. The van der Waals surface area contributed by atoms with Crippen LogP contribution in [0.3, 0.4) is 0 Å². The van der Waals surface area contributed by atoms with E-state index in [1.165, 1.54) is 23.9 Å². The van der Waals surface area contributed by atoms with Crippen molar-refractivity contribution in [1.82, 2.24) is 5.32 Å². The molecule has 1 saturated heterocycles. The molecule has 1 heterocycles. The molecule has 0 saturated carbocycles. The lowest BCUT2D eigenvalue weighted by Crippen LogP contribution is -2.22. The largest absolute Gasteiger partial charge is 0.372 e. The molecule has 0 atom stereocenters. The van der Waals surface area contributed by atoms with E-state index in [4.69, 9.17) is 0 Å². The number of rotatable bonds is 6. The van der Waals surface area contributed by atoms with Gasteiger partial charge in [0, 0.05) is 36.5 Å². The zero-order chi connectivity index (χ0) is 20.1. The third kappa shape index (κ3) is 4.40. The number of aliphatic imine (C=N–C) groups is 1. The summed E-state index contributed by atoms with van der Waals surface area (Å²) in [5.74, 6) is -0.267. The molecule has 1 fully saturated rings. The lowest BCUT2D eigenvalue weighted by atomic mass is 10.1. The fourth-order valence-electron chi connectivity index (χ4n) is 2.86. The van der Waals surface area contributed by atoms with Crippen LogP contribution in [0.5, 0.6) is 0 Å². The Labute approximate surface area is 167 Å². The number of para-hydroxylation sites is 1. The Bertz CT molecular complexity index is 953. The van der Waals surface area contributed by atoms with Gasteiger partial charge >= 0.3 is 0 Å². The maximum absolute atomic E-state index is 12.4. The van der Waals surface area contributed by atoms with Gasteiger partial charge in [0.05, 0.1) is 15.5 Å². The van der Waals surface area contributed by atoms with Gasteiger partial charge in [-0.25, -0.2) is 4.99 Å². The lowest BCUT2D eigenvalue weighted by Gasteiger charge is -2.23. The van der Waals surface area contributed by atoms with Crippen LogP contribution in [0.4, 0.5) is 17.1 Å². The molecule has 0 bridgehead atoms. The summed E-state index contributed by atoms with van der Waals surface area (Å²) in [5.41, 5.74) is 2.22. The molecular weight excluding hydrogens is 376 g/mol. The van der Waals surface area contributed by atoms with Crippen LogP contribution in [0, 0.1) is 10.1 Å². The molecule has 144 valence electrons. The van der Waals surface area contributed by atoms with Crippen molar-refractivity contribution in [2.75, 3.05) is 18.0 Å². The molecule has 0 aliphatic carbocycles. The summed E-state index contributed by atoms with van der Waals surface area (Å²) in [4.78, 5) is 30.1. The minimum absolute atomic E-state index is 0.00987. The van der Waals surface area contributed by atoms with Crippen molar-refractivity contribution in [1.29, 1.82) is 0 Å². The molecule has 7 nitrogen and oxygen atoms in total. The molecule has 8 heteroatoms. The second-order valence-electron chi connectivity index (χ2n) is 5.99. The van der Waals surface area contributed by atoms with Crippen molar-refractivity contribution >= 4 is 46.0 Å². The zero-order valence-electron chi connectivity index (χ0n) is 15.6. The highest BCUT2D eigenvalue weighted by Gasteiger charge is 2.25. The lowest BCUT2D eigenvalue weighted by molar-refractivity contribution is -0.384. The Balaban J connectivity index is 1.97. The van der Waals surface area contributed by atoms with Crippen molar-refractivity contribution in [2.45, 2.75) is 13.8 Å². The van der Waals surface area contributed by atoms with Crippen LogP contribution in [0.1, 0.15) is 19.4 Å². The van der Waals surface area contributed by atoms with Crippen molar-refractivity contribution in [3.8, 4) is 0 Å². The Hall–Kier alpha value is -3.13. The van der Waals surface area contributed by atoms with Crippen molar-refractivity contribution < 1.29 is 9.72 Å². The van der Waals surface area contributed by atoms with Crippen LogP contribution in [0.2, 0.25) is 0 Å². The quantitative estimate of drug-likeness (QED) is 0.446. The van der Waals surface area contributed by atoms with Crippen molar-refractivity contribution in [3.63, 3.8) is 0 Å². The number of thioether (sulfide) groups is 1. The smallest absolute Gasteiger partial charge is 0.270 e. The van der Waals surface area contributed by atoms with E-state index in [9.17, 15) is 14.9 Å². The van der Waals surface area contributed by atoms with Crippen LogP contribution in [0.15, 0.2) is 58.4 Å². The van der Waals surface area contributed by atoms with Crippen LogP contribution in [0.25, 0.3) is 6.08 Å². The molecule has 0 unspecified atom stereocenters. The van der Waals surface area contributed by atoms with E-state index in [-0.39, 0.29) is 11.6 Å². The van der Waals surface area contributed by atoms with Gasteiger partial charge < -0.3 is 10.2 Å². The summed E-state index contributed by atoms with van der Waals surface area (Å²) in [7, 11) is 0. The first-order chi connectivity index (χ1) is 13.5. The molecule has 0 aromatic heterocycles. The number of nitro groups is 1. The minimum Gasteiger partial charge on any atom is -0.372 e. The van der Waals surface area contributed by atoms with Crippen molar-refractivity contribution in [2.24, 2.45) is 4.99 Å². The normalized spacial score (nSPS) is 16.4. The fraction of sp³-hybridized carbons (Fsp3) is 0.200. The van der Waals surface area contributed by atoms with E-state index in [2.05, 4.69) is 15.2 Å². The second kappa shape index (κ2) is 8.71. The number of amidine groups is 1. The number of hydrogen-bond donors (Lipinski definition) is 1. The van der Waals surface area contributed by atoms with Gasteiger partial charge in [0.15, 0.2) is 5.17 Å². The van der Waals surface area contributed by atoms with E-state index < -0.39 is 4.92 Å². The summed E-state index contributed by atoms with van der Waals surface area (Å²) in [6.07, 6.45) is 1.69. The summed E-state index contributed by atoms with van der Waals surface area (Å²) in [6.45, 7) is 5.54. The molecule has 1 aliphatic rings. The molecule has 3 rings (SSSR count). The van der Waals surface area contributed by atoms with Gasteiger partial charge in [0.1, 0.15) is 0 Å². The summed E-state index contributed by atoms with van der Waals surface area (Å²) >= 11 is 1.22. The number of amides is 1. The maximum atomic E-state index is 12.4. The van der Waals surface area contributed by atoms with Gasteiger partial charge in [-0.1, -0.05) is 18.2 Å². The molecule has 28 heavy (non-hydrogen) atoms. The average molecular weight is 396 g/mol. The van der Waals surface area contributed by atoms with Gasteiger partial charge in [-0.05, 0) is 49.9 Å². The predicted octanol–water partition coefficient (Wildman–Crippen LogP) is 4.33. The van der Waals surface area contributed by atoms with E-state index in [0.717, 1.165) is 24.5 Å². The van der Waals surface area contributed by atoms with E-state index in [1.807, 2.05) is 44.2 Å². The van der Waals surface area contributed by atoms with Crippen LogP contribution in [-0.2, 0) is 4.79 Å². The first kappa shape index (κ1) is 19.6. The number of nitrogens with zero attached hydrogens (tertiary/aromatic N) is 3. The maximum Gasteiger partial charge on any atom is 0.270 e. The number of carbonyl (C=O) groups excluding carboxylic acids is 1. The fourth-order valence-corrected chi connectivity index (χ4v) is 3.70. The second-order valence-corrected chi connectivity index (χ2v) is 7.02. The molecule has 1 amide bonds. The number of carbonyl (C=O) groups is 1. The van der Waals surface area contributed by atoms with E-state index in [1.54, 1.807) is 12.1 Å². The van der Waals surface area contributed by atoms with Gasteiger partial charge in [-0.15, -0.1) is 0 Å². The van der Waals surface area contributed by atoms with E-state index >= 15 is 0 Å². The first-order valence-corrected chi connectivity index (χ1v) is 9.71. The van der Waals surface area contributed by atoms with Crippen LogP contribution < -0.4 is 10.2 Å². The third-order valence-corrected chi connectivity index (χ3v) is 5.16. The molecule has 0 radical (unpaired) electrons. The van der Waals surface area contributed by atoms with Crippen molar-refractivity contribution in [3.05, 3.63) is 69.1 Å². The molecule has 0 spiro atoms. The summed E-state index contributed by atoms with van der Waals surface area (Å²) < 4.78 is 0. The molecule has 1 aliphatic heterocycles. The zero-order valence-corrected chi connectivity index (χ0v) is 16.4. The summed E-state index contributed by atoms with van der Waals surface area (Å²) in [5, 5.41) is 14.4. The first-order valence-electron chi connectivity index (χ1n) is 8.89. The highest BCUT2D eigenvalue weighted by atomic mass is 32.2. The SMILES string of the molecule is CCN(CC)c1ccc([N+](=O)[O-])cc1/C=C1/SC(=Nc2ccccc2)NC1=O. The van der Waals surface area contributed by atoms with Crippen LogP contribution in [-0.4, -0.2) is 29.1 Å². The van der Waals surface area contributed by atoms with Gasteiger partial charge in [0.2, 0.25) is 0 Å². The predicted molar refractivity (Wildman–Crippen MR) is 114 cm³/mol. The van der Waals surface area contributed by atoms with Crippen LogP contribution >= 0.6 is 11.8 Å². The summed E-state index contributed by atoms with van der Waals surface area (Å²) in [6, 6.07) is 14.1. The highest BCUT2D eigenvalue weighted by Crippen LogP contribution is 2.32. The average Bonchev–Trinajstić information content (AvgIpc) is 3.03. The highest BCUT2D eigenvalue weighted by molar-refractivity contribution is 8.18. The monoisotopic (exact) mass is 396 g/mol. The number of nitro benzene ring substituents is 1. The third-order valence-electron chi connectivity index (χ3n) is 4.25. The molecule has 2 aromatic rings. The topological polar surface area (TPSA) is 87.8 Å². The number of benzene rings is 2. The Morgan fingerprint density at radius 3 is 2.54 bits per heavy atom. The molecule has 1 N–H and O–H groups in total. The van der Waals surface area contributed by atoms with Gasteiger partial charge in [0.25, 0.3) is 11.6 Å². The minimum atomic E-state index is -0.432.